The van der Waals surface area contributed by atoms with E-state index < -0.39 is 10.8 Å². The standard InChI is InChI=1S/C15H15OS/c1-2-17(16)15(13-9-5-3-6-10-13)14-11-7-4-8-12-14/h3-12,15H,1-2H2/q+1. The Kier molecular flexibility index (Phi) is 3.99. The van der Waals surface area contributed by atoms with Crippen molar-refractivity contribution < 1.29 is 4.21 Å². The molecule has 0 radical (unpaired) electrons. The molecule has 1 unspecified atom stereocenters. The largest absolute Gasteiger partial charge is 0.254 e. The fraction of sp³-hybridized carbons (Fsp3) is 0.133. The summed E-state index contributed by atoms with van der Waals surface area (Å²) in [5.41, 5.74) is 2.17. The van der Waals surface area contributed by atoms with Crippen LogP contribution in [0, 0.1) is 6.92 Å². The van der Waals surface area contributed by atoms with E-state index in [1.54, 1.807) is 0 Å². The van der Waals surface area contributed by atoms with Crippen molar-refractivity contribution in [2.75, 3.05) is 5.75 Å². The average Bonchev–Trinajstić information content (AvgIpc) is 2.41. The molecule has 0 amide bonds. The molecule has 0 aliphatic heterocycles. The second-order valence-electron chi connectivity index (χ2n) is 3.79. The second-order valence-corrected chi connectivity index (χ2v) is 5.43. The van der Waals surface area contributed by atoms with Gasteiger partial charge in [0.25, 0.3) is 0 Å². The Morgan fingerprint density at radius 1 is 0.882 bits per heavy atom. The van der Waals surface area contributed by atoms with Gasteiger partial charge in [0.1, 0.15) is 0 Å². The van der Waals surface area contributed by atoms with E-state index in [0.29, 0.717) is 5.75 Å². The molecule has 0 saturated heterocycles. The van der Waals surface area contributed by atoms with Crippen LogP contribution < -0.4 is 0 Å². The maximum absolute atomic E-state index is 12.2. The highest BCUT2D eigenvalue weighted by atomic mass is 32.2. The predicted molar refractivity (Wildman–Crippen MR) is 73.1 cm³/mol. The van der Waals surface area contributed by atoms with Gasteiger partial charge in [0, 0.05) is 0 Å². The molecule has 0 aliphatic carbocycles. The molecule has 2 heteroatoms. The van der Waals surface area contributed by atoms with Gasteiger partial charge in [-0.05, 0) is 11.1 Å². The summed E-state index contributed by atoms with van der Waals surface area (Å²) in [6.45, 7) is 3.76. The van der Waals surface area contributed by atoms with Crippen LogP contribution in [0.4, 0.5) is 0 Å². The highest BCUT2D eigenvalue weighted by molar-refractivity contribution is 7.85. The molecular formula is C15H15OS+. The highest BCUT2D eigenvalue weighted by Crippen LogP contribution is 2.27. The molecule has 0 N–H and O–H groups in total. The first-order valence-electron chi connectivity index (χ1n) is 5.59. The van der Waals surface area contributed by atoms with Crippen molar-refractivity contribution in [2.24, 2.45) is 0 Å². The molecule has 0 spiro atoms. The monoisotopic (exact) mass is 243 g/mol. The van der Waals surface area contributed by atoms with Crippen molar-refractivity contribution in [3.8, 4) is 0 Å². The van der Waals surface area contributed by atoms with Crippen molar-refractivity contribution in [2.45, 2.75) is 5.25 Å². The molecule has 2 rings (SSSR count). The normalized spacial score (nSPS) is 12.5. The summed E-state index contributed by atoms with van der Waals surface area (Å²) in [6.07, 6.45) is 0. The Bertz CT molecular complexity index is 439. The third kappa shape index (κ3) is 2.77. The third-order valence-electron chi connectivity index (χ3n) is 2.67. The maximum atomic E-state index is 12.2. The minimum atomic E-state index is -0.978. The first-order valence-corrected chi connectivity index (χ1v) is 6.97. The van der Waals surface area contributed by atoms with E-state index in [0.717, 1.165) is 11.1 Å². The number of hydrogen-bond donors (Lipinski definition) is 0. The first-order chi connectivity index (χ1) is 8.33. The van der Waals surface area contributed by atoms with E-state index >= 15 is 0 Å². The number of hydrogen-bond acceptors (Lipinski definition) is 1. The maximum Gasteiger partial charge on any atom is 0.160 e. The molecule has 0 saturated carbocycles. The zero-order chi connectivity index (χ0) is 12.1. The predicted octanol–water partition coefficient (Wildman–Crippen LogP) is 3.36. The van der Waals surface area contributed by atoms with E-state index in [-0.39, 0.29) is 5.25 Å². The molecule has 0 bridgehead atoms. The summed E-state index contributed by atoms with van der Waals surface area (Å²) >= 11 is 0. The van der Waals surface area contributed by atoms with Crippen molar-refractivity contribution in [1.82, 2.24) is 0 Å². The van der Waals surface area contributed by atoms with Crippen LogP contribution in [0.3, 0.4) is 0 Å². The van der Waals surface area contributed by atoms with Gasteiger partial charge in [-0.2, -0.15) is 0 Å². The van der Waals surface area contributed by atoms with Gasteiger partial charge in [-0.15, -0.1) is 0 Å². The molecule has 0 heterocycles. The lowest BCUT2D eigenvalue weighted by atomic mass is 10.0. The van der Waals surface area contributed by atoms with Gasteiger partial charge >= 0.3 is 0 Å². The zero-order valence-corrected chi connectivity index (χ0v) is 10.4. The number of rotatable bonds is 4. The van der Waals surface area contributed by atoms with Crippen molar-refractivity contribution in [3.63, 3.8) is 0 Å². The smallest absolute Gasteiger partial charge is 0.160 e. The van der Waals surface area contributed by atoms with Crippen LogP contribution in [0.25, 0.3) is 0 Å². The zero-order valence-electron chi connectivity index (χ0n) is 9.58. The van der Waals surface area contributed by atoms with Gasteiger partial charge in [-0.1, -0.05) is 60.7 Å². The molecule has 0 aliphatic rings. The van der Waals surface area contributed by atoms with Crippen molar-refractivity contribution >= 4 is 10.8 Å². The Morgan fingerprint density at radius 2 is 1.29 bits per heavy atom. The lowest BCUT2D eigenvalue weighted by Crippen LogP contribution is -2.10. The molecular weight excluding hydrogens is 228 g/mol. The van der Waals surface area contributed by atoms with E-state index in [2.05, 4.69) is 6.92 Å². The summed E-state index contributed by atoms with van der Waals surface area (Å²) in [6, 6.07) is 19.9. The molecule has 86 valence electrons. The van der Waals surface area contributed by atoms with Crippen molar-refractivity contribution in [1.29, 1.82) is 0 Å². The first kappa shape index (κ1) is 11.9. The van der Waals surface area contributed by atoms with Crippen LogP contribution >= 0.6 is 0 Å². The summed E-state index contributed by atoms with van der Waals surface area (Å²) in [7, 11) is -0.978. The van der Waals surface area contributed by atoms with Crippen LogP contribution in [0.5, 0.6) is 0 Å². The lowest BCUT2D eigenvalue weighted by molar-refractivity contribution is 0.680. The SMILES string of the molecule is [CH2+]CS(=O)C(c1ccccc1)c1ccccc1. The van der Waals surface area contributed by atoms with E-state index in [9.17, 15) is 4.21 Å². The third-order valence-corrected chi connectivity index (χ3v) is 4.14. The molecule has 2 aromatic rings. The summed E-state index contributed by atoms with van der Waals surface area (Å²) in [5.74, 6) is 0.425. The van der Waals surface area contributed by atoms with Crippen molar-refractivity contribution in [3.05, 3.63) is 78.7 Å². The quantitative estimate of drug-likeness (QED) is 0.753. The van der Waals surface area contributed by atoms with Gasteiger partial charge in [0.2, 0.25) is 0 Å². The fourth-order valence-corrected chi connectivity index (χ4v) is 3.03. The highest BCUT2D eigenvalue weighted by Gasteiger charge is 2.21. The summed E-state index contributed by atoms with van der Waals surface area (Å²) in [5, 5.41) is -0.0742. The molecule has 1 atom stereocenters. The van der Waals surface area contributed by atoms with Gasteiger partial charge in [-0.25, -0.2) is 0 Å². The molecule has 1 nitrogen and oxygen atoms in total. The lowest BCUT2D eigenvalue weighted by Gasteiger charge is -2.15. The Morgan fingerprint density at radius 3 is 1.65 bits per heavy atom. The van der Waals surface area contributed by atoms with Gasteiger partial charge < -0.3 is 0 Å². The van der Waals surface area contributed by atoms with Gasteiger partial charge in [0.05, 0.1) is 23.0 Å². The average molecular weight is 243 g/mol. The minimum Gasteiger partial charge on any atom is -0.254 e. The number of benzene rings is 2. The van der Waals surface area contributed by atoms with Gasteiger partial charge in [-0.3, -0.25) is 4.21 Å². The topological polar surface area (TPSA) is 17.1 Å². The Hall–Kier alpha value is -1.54. The Balaban J connectivity index is 2.43. The van der Waals surface area contributed by atoms with Crippen LogP contribution in [0.1, 0.15) is 16.4 Å². The van der Waals surface area contributed by atoms with E-state index in [1.165, 1.54) is 0 Å². The molecule has 0 aromatic heterocycles. The Labute approximate surface area is 105 Å². The molecule has 17 heavy (non-hydrogen) atoms. The van der Waals surface area contributed by atoms with Crippen LogP contribution in [-0.2, 0) is 10.8 Å². The summed E-state index contributed by atoms with van der Waals surface area (Å²) < 4.78 is 12.2. The van der Waals surface area contributed by atoms with Gasteiger partial charge in [0.15, 0.2) is 5.75 Å². The van der Waals surface area contributed by atoms with Crippen LogP contribution in [-0.4, -0.2) is 9.96 Å². The van der Waals surface area contributed by atoms with E-state index in [4.69, 9.17) is 0 Å². The molecule has 0 fully saturated rings. The van der Waals surface area contributed by atoms with Crippen LogP contribution in [0.15, 0.2) is 60.7 Å². The minimum absolute atomic E-state index is 0.0742. The summed E-state index contributed by atoms with van der Waals surface area (Å²) in [4.78, 5) is 0. The second kappa shape index (κ2) is 5.69. The molecule has 2 aromatic carbocycles. The van der Waals surface area contributed by atoms with E-state index in [1.807, 2.05) is 60.7 Å². The van der Waals surface area contributed by atoms with Crippen LogP contribution in [0.2, 0.25) is 0 Å². The fourth-order valence-electron chi connectivity index (χ4n) is 1.87.